The van der Waals surface area contributed by atoms with Gasteiger partial charge in [0, 0.05) is 23.5 Å². The lowest BCUT2D eigenvalue weighted by Crippen LogP contribution is -2.30. The molecular formula is C25H25N5O4. The number of para-hydroxylation sites is 1. The van der Waals surface area contributed by atoms with Gasteiger partial charge in [0.1, 0.15) is 17.8 Å². The van der Waals surface area contributed by atoms with Gasteiger partial charge < -0.3 is 14.8 Å². The van der Waals surface area contributed by atoms with Crippen molar-refractivity contribution in [1.29, 1.82) is 0 Å². The van der Waals surface area contributed by atoms with Gasteiger partial charge in [0.2, 0.25) is 0 Å². The number of esters is 1. The van der Waals surface area contributed by atoms with Crippen LogP contribution in [0.25, 0.3) is 5.78 Å². The van der Waals surface area contributed by atoms with E-state index in [-0.39, 0.29) is 6.42 Å². The summed E-state index contributed by atoms with van der Waals surface area (Å²) < 4.78 is 12.7. The summed E-state index contributed by atoms with van der Waals surface area (Å²) in [5.74, 6) is 1.01. The Kier molecular flexibility index (Phi) is 6.82. The molecule has 0 saturated carbocycles. The molecule has 0 bridgehead atoms. The van der Waals surface area contributed by atoms with Crippen LogP contribution in [0.1, 0.15) is 30.3 Å². The van der Waals surface area contributed by atoms with Crippen LogP contribution in [-0.2, 0) is 20.7 Å². The number of aromatic nitrogens is 4. The summed E-state index contributed by atoms with van der Waals surface area (Å²) in [5.41, 5.74) is 3.14. The van der Waals surface area contributed by atoms with Gasteiger partial charge in [-0.2, -0.15) is 10.1 Å². The van der Waals surface area contributed by atoms with Crippen molar-refractivity contribution in [3.05, 3.63) is 77.9 Å². The molecule has 0 spiro atoms. The van der Waals surface area contributed by atoms with Gasteiger partial charge in [-0.1, -0.05) is 18.2 Å². The topological polar surface area (TPSA) is 108 Å². The molecule has 4 aromatic rings. The smallest absolute Gasteiger partial charge is 0.306 e. The summed E-state index contributed by atoms with van der Waals surface area (Å²) in [5, 5.41) is 6.90. The van der Waals surface area contributed by atoms with Crippen LogP contribution in [-0.4, -0.2) is 37.6 Å². The fraction of sp³-hybridized carbons (Fsp3) is 0.240. The number of amides is 1. The van der Waals surface area contributed by atoms with E-state index in [1.807, 2.05) is 44.2 Å². The molecule has 9 nitrogen and oxygen atoms in total. The third kappa shape index (κ3) is 5.37. The van der Waals surface area contributed by atoms with E-state index in [1.54, 1.807) is 35.7 Å². The monoisotopic (exact) mass is 459 g/mol. The first-order valence-corrected chi connectivity index (χ1v) is 10.9. The third-order valence-electron chi connectivity index (χ3n) is 5.35. The van der Waals surface area contributed by atoms with Gasteiger partial charge >= 0.3 is 5.97 Å². The third-order valence-corrected chi connectivity index (χ3v) is 5.35. The number of carbonyl (C=O) groups is 2. The molecule has 0 aliphatic carbocycles. The number of nitrogens with zero attached hydrogens (tertiary/aromatic N) is 4. The molecule has 1 atom stereocenters. The molecule has 1 N–H and O–H groups in total. The second kappa shape index (κ2) is 10.1. The van der Waals surface area contributed by atoms with E-state index in [2.05, 4.69) is 20.4 Å². The highest BCUT2D eigenvalue weighted by Crippen LogP contribution is 2.23. The van der Waals surface area contributed by atoms with Crippen LogP contribution >= 0.6 is 0 Å². The number of ether oxygens (including phenoxy) is 2. The number of anilines is 1. The molecule has 2 aromatic carbocycles. The van der Waals surface area contributed by atoms with E-state index >= 15 is 0 Å². The first-order valence-electron chi connectivity index (χ1n) is 10.9. The Labute approximate surface area is 196 Å². The van der Waals surface area contributed by atoms with Crippen LogP contribution < -0.4 is 10.1 Å². The molecule has 174 valence electrons. The van der Waals surface area contributed by atoms with E-state index < -0.39 is 18.0 Å². The average molecular weight is 460 g/mol. The molecule has 0 saturated heterocycles. The normalized spacial score (nSPS) is 11.7. The lowest BCUT2D eigenvalue weighted by molar-refractivity contribution is -0.153. The quantitative estimate of drug-likeness (QED) is 0.396. The van der Waals surface area contributed by atoms with Gasteiger partial charge in [0.25, 0.3) is 11.7 Å². The highest BCUT2D eigenvalue weighted by Gasteiger charge is 2.19. The maximum atomic E-state index is 12.5. The molecule has 4 rings (SSSR count). The molecule has 1 amide bonds. The molecule has 34 heavy (non-hydrogen) atoms. The van der Waals surface area contributed by atoms with Gasteiger partial charge in [-0.15, -0.1) is 0 Å². The minimum Gasteiger partial charge on any atom is -0.457 e. The van der Waals surface area contributed by atoms with Crippen LogP contribution in [0.3, 0.4) is 0 Å². The zero-order valence-corrected chi connectivity index (χ0v) is 19.2. The van der Waals surface area contributed by atoms with Crippen molar-refractivity contribution in [3.63, 3.8) is 0 Å². The van der Waals surface area contributed by atoms with Crippen molar-refractivity contribution < 1.29 is 19.1 Å². The van der Waals surface area contributed by atoms with Crippen LogP contribution in [0, 0.1) is 13.8 Å². The van der Waals surface area contributed by atoms with Gasteiger partial charge in [-0.05, 0) is 69.2 Å². The maximum absolute atomic E-state index is 12.5. The molecule has 9 heteroatoms. The summed E-state index contributed by atoms with van der Waals surface area (Å²) in [6.07, 6.45) is 1.05. The van der Waals surface area contributed by atoms with E-state index in [9.17, 15) is 9.59 Å². The highest BCUT2D eigenvalue weighted by molar-refractivity contribution is 5.95. The van der Waals surface area contributed by atoms with Crippen molar-refractivity contribution in [2.24, 2.45) is 0 Å². The zero-order chi connectivity index (χ0) is 24.1. The van der Waals surface area contributed by atoms with E-state index in [1.165, 1.54) is 6.33 Å². The minimum atomic E-state index is -0.939. The Morgan fingerprint density at radius 1 is 1.03 bits per heavy atom. The van der Waals surface area contributed by atoms with Crippen molar-refractivity contribution in [2.45, 2.75) is 39.7 Å². The fourth-order valence-electron chi connectivity index (χ4n) is 3.53. The Bertz CT molecular complexity index is 1300. The second-order valence-corrected chi connectivity index (χ2v) is 7.79. The lowest BCUT2D eigenvalue weighted by atomic mass is 10.1. The predicted molar refractivity (Wildman–Crippen MR) is 126 cm³/mol. The molecule has 0 radical (unpaired) electrons. The molecule has 2 aromatic heterocycles. The zero-order valence-electron chi connectivity index (χ0n) is 19.2. The molecule has 0 aliphatic heterocycles. The summed E-state index contributed by atoms with van der Waals surface area (Å²) >= 11 is 0. The molecule has 2 heterocycles. The van der Waals surface area contributed by atoms with Crippen LogP contribution in [0.15, 0.2) is 60.9 Å². The number of hydrogen-bond acceptors (Lipinski definition) is 7. The predicted octanol–water partition coefficient (Wildman–Crippen LogP) is 4.04. The first kappa shape index (κ1) is 22.9. The van der Waals surface area contributed by atoms with Gasteiger partial charge in [-0.25, -0.2) is 9.50 Å². The summed E-state index contributed by atoms with van der Waals surface area (Å²) in [6, 6.07) is 16.4. The van der Waals surface area contributed by atoms with Crippen molar-refractivity contribution in [2.75, 3.05) is 5.32 Å². The summed E-state index contributed by atoms with van der Waals surface area (Å²) in [7, 11) is 0. The lowest BCUT2D eigenvalue weighted by Gasteiger charge is -2.15. The Hall–Kier alpha value is -4.27. The minimum absolute atomic E-state index is 0.118. The second-order valence-electron chi connectivity index (χ2n) is 7.79. The summed E-state index contributed by atoms with van der Waals surface area (Å²) in [4.78, 5) is 33.3. The van der Waals surface area contributed by atoms with E-state index in [0.29, 0.717) is 23.6 Å². The fourth-order valence-corrected chi connectivity index (χ4v) is 3.53. The maximum Gasteiger partial charge on any atom is 0.306 e. The first-order chi connectivity index (χ1) is 16.4. The van der Waals surface area contributed by atoms with Crippen LogP contribution in [0.4, 0.5) is 5.69 Å². The standard InChI is InChI=1S/C25H25N5O4/c1-16-22(17(2)30-25(28-16)26-15-27-30)13-14-23(31)33-18(3)24(32)29-19-9-11-21(12-10-19)34-20-7-5-4-6-8-20/h4-12,15,18H,13-14H2,1-3H3,(H,29,32). The SMILES string of the molecule is Cc1nc2ncnn2c(C)c1CCC(=O)OC(C)C(=O)Nc1ccc(Oc2ccccc2)cc1. The molecule has 1 unspecified atom stereocenters. The van der Waals surface area contributed by atoms with Gasteiger partial charge in [0.15, 0.2) is 6.10 Å². The van der Waals surface area contributed by atoms with E-state index in [0.717, 1.165) is 22.7 Å². The van der Waals surface area contributed by atoms with Crippen molar-refractivity contribution in [3.8, 4) is 11.5 Å². The summed E-state index contributed by atoms with van der Waals surface area (Å²) in [6.45, 7) is 5.32. The highest BCUT2D eigenvalue weighted by atomic mass is 16.5. The molecule has 0 fully saturated rings. The Morgan fingerprint density at radius 3 is 2.47 bits per heavy atom. The van der Waals surface area contributed by atoms with Crippen LogP contribution in [0.2, 0.25) is 0 Å². The number of rotatable bonds is 8. The van der Waals surface area contributed by atoms with Crippen molar-refractivity contribution in [1.82, 2.24) is 19.6 Å². The average Bonchev–Trinajstić information content (AvgIpc) is 3.29. The Balaban J connectivity index is 1.28. The van der Waals surface area contributed by atoms with Crippen LogP contribution in [0.5, 0.6) is 11.5 Å². The molecule has 0 aliphatic rings. The Morgan fingerprint density at radius 2 is 1.74 bits per heavy atom. The van der Waals surface area contributed by atoms with Crippen molar-refractivity contribution >= 4 is 23.3 Å². The molecular weight excluding hydrogens is 434 g/mol. The van der Waals surface area contributed by atoms with Gasteiger partial charge in [0.05, 0.1) is 0 Å². The number of hydrogen-bond donors (Lipinski definition) is 1. The number of fused-ring (bicyclic) bond motifs is 1. The number of aryl methyl sites for hydroxylation is 2. The number of nitrogens with one attached hydrogen (secondary N) is 1. The van der Waals surface area contributed by atoms with E-state index in [4.69, 9.17) is 9.47 Å². The number of carbonyl (C=O) groups excluding carboxylic acids is 2. The van der Waals surface area contributed by atoms with Gasteiger partial charge in [-0.3, -0.25) is 9.59 Å². The largest absolute Gasteiger partial charge is 0.457 e. The number of benzene rings is 2.